The molecule has 3 aromatic rings. The third-order valence-electron chi connectivity index (χ3n) is 7.21. The lowest BCUT2D eigenvalue weighted by molar-refractivity contribution is 0.0475. The molecule has 4 heterocycles. The quantitative estimate of drug-likeness (QED) is 0.549. The lowest BCUT2D eigenvalue weighted by atomic mass is 10.1. The van der Waals surface area contributed by atoms with Gasteiger partial charge in [-0.05, 0) is 36.6 Å². The van der Waals surface area contributed by atoms with Crippen LogP contribution in [0, 0.1) is 0 Å². The average molecular weight is 457 g/mol. The molecule has 34 heavy (non-hydrogen) atoms. The number of carbonyl (C=O) groups is 2. The van der Waals surface area contributed by atoms with E-state index in [2.05, 4.69) is 39.0 Å². The zero-order chi connectivity index (χ0) is 23.1. The number of aromatic nitrogens is 1. The molecule has 2 fully saturated rings. The SMILES string of the molecule is O=C1c2cccc(N3CCN(Cc4cccc5cccnc45)CC3)c2C(=O)N1CC1CCCO1. The van der Waals surface area contributed by atoms with Crippen molar-refractivity contribution in [2.24, 2.45) is 0 Å². The number of hydrogen-bond acceptors (Lipinski definition) is 6. The summed E-state index contributed by atoms with van der Waals surface area (Å²) in [4.78, 5) is 37.0. The van der Waals surface area contributed by atoms with Gasteiger partial charge in [0.1, 0.15) is 0 Å². The Morgan fingerprint density at radius 2 is 1.76 bits per heavy atom. The van der Waals surface area contributed by atoms with Crippen LogP contribution in [0.25, 0.3) is 10.9 Å². The Hall–Kier alpha value is -3.29. The highest BCUT2D eigenvalue weighted by Crippen LogP contribution is 2.33. The predicted octanol–water partition coefficient (Wildman–Crippen LogP) is 3.33. The second-order valence-electron chi connectivity index (χ2n) is 9.31. The van der Waals surface area contributed by atoms with Crippen molar-refractivity contribution in [2.75, 3.05) is 44.2 Å². The van der Waals surface area contributed by atoms with Crippen molar-refractivity contribution in [1.29, 1.82) is 0 Å². The van der Waals surface area contributed by atoms with Crippen molar-refractivity contribution in [1.82, 2.24) is 14.8 Å². The number of anilines is 1. The van der Waals surface area contributed by atoms with Gasteiger partial charge in [0, 0.05) is 50.9 Å². The summed E-state index contributed by atoms with van der Waals surface area (Å²) < 4.78 is 5.68. The molecule has 2 aromatic carbocycles. The van der Waals surface area contributed by atoms with Crippen LogP contribution in [0.1, 0.15) is 39.1 Å². The lowest BCUT2D eigenvalue weighted by Gasteiger charge is -2.36. The molecule has 3 aliphatic rings. The fourth-order valence-electron chi connectivity index (χ4n) is 5.42. The highest BCUT2D eigenvalue weighted by molar-refractivity contribution is 6.23. The van der Waals surface area contributed by atoms with Crippen LogP contribution in [0.2, 0.25) is 0 Å². The van der Waals surface area contributed by atoms with E-state index in [1.54, 1.807) is 6.07 Å². The van der Waals surface area contributed by atoms with E-state index >= 15 is 0 Å². The van der Waals surface area contributed by atoms with E-state index in [0.29, 0.717) is 24.3 Å². The monoisotopic (exact) mass is 456 g/mol. The second-order valence-corrected chi connectivity index (χ2v) is 9.31. The summed E-state index contributed by atoms with van der Waals surface area (Å²) >= 11 is 0. The number of pyridine rings is 1. The van der Waals surface area contributed by atoms with Crippen molar-refractivity contribution in [2.45, 2.75) is 25.5 Å². The number of para-hydroxylation sites is 1. The third kappa shape index (κ3) is 3.75. The van der Waals surface area contributed by atoms with Crippen LogP contribution in [0.4, 0.5) is 5.69 Å². The van der Waals surface area contributed by atoms with Gasteiger partial charge < -0.3 is 9.64 Å². The first-order chi connectivity index (χ1) is 16.7. The molecule has 2 amide bonds. The molecule has 0 aliphatic carbocycles. The Morgan fingerprint density at radius 1 is 0.941 bits per heavy atom. The number of rotatable bonds is 5. The molecule has 0 spiro atoms. The zero-order valence-electron chi connectivity index (χ0n) is 19.2. The average Bonchev–Trinajstić information content (AvgIpc) is 3.48. The maximum absolute atomic E-state index is 13.3. The number of piperazine rings is 1. The van der Waals surface area contributed by atoms with E-state index in [0.717, 1.165) is 62.2 Å². The first kappa shape index (κ1) is 21.3. The highest BCUT2D eigenvalue weighted by Gasteiger charge is 2.40. The predicted molar refractivity (Wildman–Crippen MR) is 130 cm³/mol. The molecule has 1 unspecified atom stereocenters. The highest BCUT2D eigenvalue weighted by atomic mass is 16.5. The van der Waals surface area contributed by atoms with Crippen LogP contribution in [-0.4, -0.2) is 72.0 Å². The van der Waals surface area contributed by atoms with E-state index in [-0.39, 0.29) is 17.9 Å². The maximum atomic E-state index is 13.3. The number of fused-ring (bicyclic) bond motifs is 2. The minimum atomic E-state index is -0.195. The van der Waals surface area contributed by atoms with Crippen molar-refractivity contribution >= 4 is 28.4 Å². The fraction of sp³-hybridized carbons (Fsp3) is 0.370. The van der Waals surface area contributed by atoms with Gasteiger partial charge in [0.25, 0.3) is 11.8 Å². The fourth-order valence-corrected chi connectivity index (χ4v) is 5.42. The number of nitrogens with zero attached hydrogens (tertiary/aromatic N) is 4. The smallest absolute Gasteiger partial charge is 0.263 e. The molecular weight excluding hydrogens is 428 g/mol. The second kappa shape index (κ2) is 8.81. The molecule has 1 aromatic heterocycles. The number of amides is 2. The van der Waals surface area contributed by atoms with Gasteiger partial charge in [0.15, 0.2) is 0 Å². The van der Waals surface area contributed by atoms with Crippen LogP contribution in [0.15, 0.2) is 54.7 Å². The van der Waals surface area contributed by atoms with Crippen molar-refractivity contribution < 1.29 is 14.3 Å². The summed E-state index contributed by atoms with van der Waals surface area (Å²) in [6, 6.07) is 16.1. The molecule has 174 valence electrons. The van der Waals surface area contributed by atoms with Gasteiger partial charge in [-0.1, -0.05) is 30.3 Å². The topological polar surface area (TPSA) is 66.0 Å². The Kier molecular flexibility index (Phi) is 5.51. The Balaban J connectivity index is 1.17. The summed E-state index contributed by atoms with van der Waals surface area (Å²) in [6.07, 6.45) is 3.69. The number of carbonyl (C=O) groups excluding carboxylic acids is 2. The lowest BCUT2D eigenvalue weighted by Crippen LogP contribution is -2.46. The molecule has 2 saturated heterocycles. The number of imide groups is 1. The van der Waals surface area contributed by atoms with E-state index in [4.69, 9.17) is 4.74 Å². The van der Waals surface area contributed by atoms with Gasteiger partial charge in [0.2, 0.25) is 0 Å². The Morgan fingerprint density at radius 3 is 2.59 bits per heavy atom. The van der Waals surface area contributed by atoms with E-state index < -0.39 is 0 Å². The molecule has 1 atom stereocenters. The Bertz CT molecular complexity index is 1240. The summed E-state index contributed by atoms with van der Waals surface area (Å²) in [5, 5.41) is 1.16. The Labute approximate surface area is 198 Å². The van der Waals surface area contributed by atoms with Crippen LogP contribution >= 0.6 is 0 Å². The van der Waals surface area contributed by atoms with Crippen molar-refractivity contribution in [3.05, 3.63) is 71.4 Å². The van der Waals surface area contributed by atoms with Gasteiger partial charge in [-0.25, -0.2) is 0 Å². The molecule has 0 radical (unpaired) electrons. The van der Waals surface area contributed by atoms with Crippen LogP contribution in [0.3, 0.4) is 0 Å². The van der Waals surface area contributed by atoms with Crippen LogP contribution in [-0.2, 0) is 11.3 Å². The van der Waals surface area contributed by atoms with Gasteiger partial charge in [-0.2, -0.15) is 0 Å². The van der Waals surface area contributed by atoms with E-state index in [1.165, 1.54) is 10.5 Å². The maximum Gasteiger partial charge on any atom is 0.263 e. The molecule has 6 rings (SSSR count). The van der Waals surface area contributed by atoms with E-state index in [9.17, 15) is 9.59 Å². The van der Waals surface area contributed by atoms with Crippen molar-refractivity contribution in [3.8, 4) is 0 Å². The van der Waals surface area contributed by atoms with Gasteiger partial charge in [-0.15, -0.1) is 0 Å². The summed E-state index contributed by atoms with van der Waals surface area (Å²) in [5.41, 5.74) is 4.24. The largest absolute Gasteiger partial charge is 0.376 e. The van der Waals surface area contributed by atoms with Crippen molar-refractivity contribution in [3.63, 3.8) is 0 Å². The zero-order valence-corrected chi connectivity index (χ0v) is 19.2. The molecule has 7 heteroatoms. The molecule has 3 aliphatic heterocycles. The molecule has 0 bridgehead atoms. The summed E-state index contributed by atoms with van der Waals surface area (Å²) in [5.74, 6) is -0.380. The minimum absolute atomic E-state index is 0.0437. The molecule has 7 nitrogen and oxygen atoms in total. The van der Waals surface area contributed by atoms with Crippen LogP contribution in [0.5, 0.6) is 0 Å². The standard InChI is InChI=1S/C27H28N4O3/c32-26-22-9-2-10-23(24(22)27(33)31(26)18-21-8-4-16-34-21)30-14-12-29(13-15-30)17-20-6-1-5-19-7-3-11-28-25(19)20/h1-3,5-7,9-11,21H,4,8,12-18H2. The molecule has 0 N–H and O–H groups in total. The van der Waals surface area contributed by atoms with E-state index in [1.807, 2.05) is 24.4 Å². The summed E-state index contributed by atoms with van der Waals surface area (Å²) in [7, 11) is 0. The molecular formula is C27H28N4O3. The van der Waals surface area contributed by atoms with Crippen LogP contribution < -0.4 is 4.90 Å². The third-order valence-corrected chi connectivity index (χ3v) is 7.21. The minimum Gasteiger partial charge on any atom is -0.376 e. The normalized spacial score (nSPS) is 21.0. The van der Waals surface area contributed by atoms with Gasteiger partial charge >= 0.3 is 0 Å². The molecule has 0 saturated carbocycles. The van der Waals surface area contributed by atoms with Gasteiger partial charge in [-0.3, -0.25) is 24.4 Å². The number of benzene rings is 2. The van der Waals surface area contributed by atoms with Gasteiger partial charge in [0.05, 0.1) is 35.0 Å². The number of ether oxygens (including phenoxy) is 1. The first-order valence-corrected chi connectivity index (χ1v) is 12.1. The first-order valence-electron chi connectivity index (χ1n) is 12.1. The summed E-state index contributed by atoms with van der Waals surface area (Å²) in [6.45, 7) is 5.28. The number of hydrogen-bond donors (Lipinski definition) is 0.